The van der Waals surface area contributed by atoms with Gasteiger partial charge in [-0.25, -0.2) is 0 Å². The van der Waals surface area contributed by atoms with Gasteiger partial charge in [0.25, 0.3) is 0 Å². The van der Waals surface area contributed by atoms with E-state index in [4.69, 9.17) is 19.3 Å². The van der Waals surface area contributed by atoms with E-state index in [2.05, 4.69) is 0 Å². The highest BCUT2D eigenvalue weighted by molar-refractivity contribution is 7.80. The second-order valence-electron chi connectivity index (χ2n) is 7.41. The Balaban J connectivity index is 1.66. The number of likely N-dealkylation sites (tertiary alicyclic amines) is 1. The van der Waals surface area contributed by atoms with E-state index < -0.39 is 40.0 Å². The Hall–Kier alpha value is -1.31. The fourth-order valence-corrected chi connectivity index (χ4v) is 5.11. The molecule has 146 valence electrons. The number of carbonyl (C=O) groups excluding carboxylic acids is 2. The molecule has 5 atom stereocenters. The van der Waals surface area contributed by atoms with Crippen molar-refractivity contribution in [3.63, 3.8) is 0 Å². The van der Waals surface area contributed by atoms with Gasteiger partial charge >= 0.3 is 10.4 Å². The SMILES string of the molecule is NC(=O)C1CC2(COC2N2CCCCC2=O)C2CN1CN2OS(=O)(=O)O. The zero-order chi connectivity index (χ0) is 18.7. The van der Waals surface area contributed by atoms with Crippen LogP contribution in [0, 0.1) is 5.41 Å². The van der Waals surface area contributed by atoms with Crippen molar-refractivity contribution in [1.29, 1.82) is 0 Å². The quantitative estimate of drug-likeness (QED) is 0.536. The van der Waals surface area contributed by atoms with Gasteiger partial charge in [0, 0.05) is 19.5 Å². The number of amides is 2. The van der Waals surface area contributed by atoms with Gasteiger partial charge in [-0.2, -0.15) is 12.7 Å². The molecule has 11 nitrogen and oxygen atoms in total. The zero-order valence-corrected chi connectivity index (χ0v) is 14.9. The molecule has 2 bridgehead atoms. The lowest BCUT2D eigenvalue weighted by molar-refractivity contribution is -0.291. The molecule has 12 heteroatoms. The molecular weight excluding hydrogens is 368 g/mol. The maximum Gasteiger partial charge on any atom is 0.413 e. The minimum Gasteiger partial charge on any atom is -0.368 e. The van der Waals surface area contributed by atoms with Gasteiger partial charge in [-0.1, -0.05) is 0 Å². The summed E-state index contributed by atoms with van der Waals surface area (Å²) in [5, 5.41) is 1.15. The predicted molar refractivity (Wildman–Crippen MR) is 85.2 cm³/mol. The Labute approximate surface area is 150 Å². The van der Waals surface area contributed by atoms with Crippen LogP contribution < -0.4 is 5.73 Å². The molecule has 3 N–H and O–H groups in total. The van der Waals surface area contributed by atoms with E-state index >= 15 is 0 Å². The van der Waals surface area contributed by atoms with Gasteiger partial charge in [0.15, 0.2) is 0 Å². The van der Waals surface area contributed by atoms with Gasteiger partial charge in [0.05, 0.1) is 30.8 Å². The molecule has 0 aromatic heterocycles. The third-order valence-corrected chi connectivity index (χ3v) is 6.30. The Morgan fingerprint density at radius 3 is 2.73 bits per heavy atom. The van der Waals surface area contributed by atoms with E-state index in [1.54, 1.807) is 9.80 Å². The van der Waals surface area contributed by atoms with Gasteiger partial charge in [-0.15, -0.1) is 5.06 Å². The smallest absolute Gasteiger partial charge is 0.368 e. The third kappa shape index (κ3) is 2.80. The van der Waals surface area contributed by atoms with Gasteiger partial charge in [0.2, 0.25) is 11.8 Å². The Morgan fingerprint density at radius 1 is 1.38 bits per heavy atom. The van der Waals surface area contributed by atoms with Crippen LogP contribution in [0.25, 0.3) is 0 Å². The molecule has 4 fully saturated rings. The van der Waals surface area contributed by atoms with Crippen LogP contribution in [-0.2, 0) is 29.0 Å². The van der Waals surface area contributed by atoms with Crippen molar-refractivity contribution in [1.82, 2.24) is 14.9 Å². The Morgan fingerprint density at radius 2 is 2.15 bits per heavy atom. The topological polar surface area (TPSA) is 143 Å². The number of hydrogen-bond acceptors (Lipinski definition) is 8. The van der Waals surface area contributed by atoms with Crippen molar-refractivity contribution in [2.45, 2.75) is 44.0 Å². The molecule has 5 unspecified atom stereocenters. The predicted octanol–water partition coefficient (Wildman–Crippen LogP) is -1.72. The second-order valence-corrected chi connectivity index (χ2v) is 8.42. The van der Waals surface area contributed by atoms with E-state index in [9.17, 15) is 18.0 Å². The van der Waals surface area contributed by atoms with Crippen molar-refractivity contribution in [3.05, 3.63) is 0 Å². The van der Waals surface area contributed by atoms with Crippen LogP contribution in [0.1, 0.15) is 25.7 Å². The van der Waals surface area contributed by atoms with Crippen LogP contribution in [0.2, 0.25) is 0 Å². The number of hydrogen-bond donors (Lipinski definition) is 2. The Bertz CT molecular complexity index is 731. The van der Waals surface area contributed by atoms with Crippen LogP contribution in [0.3, 0.4) is 0 Å². The summed E-state index contributed by atoms with van der Waals surface area (Å²) in [5.74, 6) is -0.536. The lowest BCUT2D eigenvalue weighted by Gasteiger charge is -2.59. The molecule has 4 aliphatic heterocycles. The summed E-state index contributed by atoms with van der Waals surface area (Å²) >= 11 is 0. The molecular formula is C14H22N4O7S. The number of carbonyl (C=O) groups is 2. The van der Waals surface area contributed by atoms with Crippen LogP contribution in [0.15, 0.2) is 0 Å². The second kappa shape index (κ2) is 6.11. The van der Waals surface area contributed by atoms with E-state index in [0.717, 1.165) is 17.9 Å². The number of rotatable bonds is 4. The van der Waals surface area contributed by atoms with Gasteiger partial charge in [-0.05, 0) is 19.3 Å². The van der Waals surface area contributed by atoms with Crippen molar-refractivity contribution >= 4 is 22.2 Å². The largest absolute Gasteiger partial charge is 0.413 e. The number of hydroxylamine groups is 2. The number of primary amides is 1. The van der Waals surface area contributed by atoms with Crippen molar-refractivity contribution < 1.29 is 31.6 Å². The summed E-state index contributed by atoms with van der Waals surface area (Å²) < 4.78 is 42.0. The first-order valence-corrected chi connectivity index (χ1v) is 9.96. The molecule has 1 spiro atoms. The van der Waals surface area contributed by atoms with E-state index in [0.29, 0.717) is 25.9 Å². The minimum atomic E-state index is -4.71. The van der Waals surface area contributed by atoms with Crippen molar-refractivity contribution in [2.75, 3.05) is 26.4 Å². The standard InChI is InChI=1S/C14H22N4O7S/c15-12(20)9-5-14(7-24-13(14)17-4-2-1-3-11(17)19)10-6-16(9)8-18(10)25-26(21,22)23/h9-10,13H,1-8H2,(H2,15,20)(H,21,22,23). The molecule has 4 aliphatic rings. The molecule has 2 amide bonds. The van der Waals surface area contributed by atoms with Crippen molar-refractivity contribution in [3.8, 4) is 0 Å². The first-order valence-electron chi connectivity index (χ1n) is 8.59. The summed E-state index contributed by atoms with van der Waals surface area (Å²) in [6, 6.07) is -1.07. The summed E-state index contributed by atoms with van der Waals surface area (Å²) in [6.45, 7) is 1.17. The number of ether oxygens (including phenoxy) is 1. The highest BCUT2D eigenvalue weighted by atomic mass is 32.3. The average Bonchev–Trinajstić information content (AvgIpc) is 2.85. The number of nitrogens with zero attached hydrogens (tertiary/aromatic N) is 3. The average molecular weight is 390 g/mol. The number of nitrogens with two attached hydrogens (primary N) is 1. The minimum absolute atomic E-state index is 0.0144. The molecule has 4 saturated heterocycles. The lowest BCUT2D eigenvalue weighted by Crippen LogP contribution is -2.72. The highest BCUT2D eigenvalue weighted by Gasteiger charge is 2.66. The van der Waals surface area contributed by atoms with Gasteiger partial charge in [0.1, 0.15) is 6.23 Å². The van der Waals surface area contributed by atoms with Crippen LogP contribution in [-0.4, -0.2) is 84.3 Å². The lowest BCUT2D eigenvalue weighted by atomic mass is 9.67. The maximum absolute atomic E-state index is 12.3. The van der Waals surface area contributed by atoms with Gasteiger partial charge in [-0.3, -0.25) is 19.0 Å². The first-order chi connectivity index (χ1) is 12.2. The fraction of sp³-hybridized carbons (Fsp3) is 0.857. The Kier molecular flexibility index (Phi) is 4.24. The van der Waals surface area contributed by atoms with Crippen LogP contribution in [0.5, 0.6) is 0 Å². The summed E-state index contributed by atoms with van der Waals surface area (Å²) in [6.07, 6.45) is 1.91. The molecule has 0 aromatic carbocycles. The molecule has 26 heavy (non-hydrogen) atoms. The van der Waals surface area contributed by atoms with Crippen molar-refractivity contribution in [2.24, 2.45) is 11.1 Å². The van der Waals surface area contributed by atoms with E-state index in [-0.39, 0.29) is 19.2 Å². The van der Waals surface area contributed by atoms with E-state index in [1.807, 2.05) is 0 Å². The number of piperidine rings is 2. The number of fused-ring (bicyclic) bond motifs is 3. The molecule has 4 heterocycles. The zero-order valence-electron chi connectivity index (χ0n) is 14.1. The fourth-order valence-electron chi connectivity index (χ4n) is 4.71. The molecule has 0 aliphatic carbocycles. The maximum atomic E-state index is 12.3. The van der Waals surface area contributed by atoms with Crippen LogP contribution >= 0.6 is 0 Å². The monoisotopic (exact) mass is 390 g/mol. The summed E-state index contributed by atoms with van der Waals surface area (Å²) in [7, 11) is -4.71. The third-order valence-electron chi connectivity index (χ3n) is 5.92. The van der Waals surface area contributed by atoms with Crippen LogP contribution in [0.4, 0.5) is 0 Å². The molecule has 0 radical (unpaired) electrons. The molecule has 0 saturated carbocycles. The summed E-state index contributed by atoms with van der Waals surface area (Å²) in [5.41, 5.74) is 4.87. The first kappa shape index (κ1) is 18.1. The normalized spacial score (nSPS) is 40.7. The molecule has 0 aromatic rings. The van der Waals surface area contributed by atoms with E-state index in [1.165, 1.54) is 0 Å². The van der Waals surface area contributed by atoms with Gasteiger partial charge < -0.3 is 15.4 Å². The highest BCUT2D eigenvalue weighted by Crippen LogP contribution is 2.52. The summed E-state index contributed by atoms with van der Waals surface area (Å²) in [4.78, 5) is 27.7. The molecule has 4 rings (SSSR count).